The van der Waals surface area contributed by atoms with E-state index < -0.39 is 0 Å². The van der Waals surface area contributed by atoms with Gasteiger partial charge in [-0.15, -0.1) is 0 Å². The largest absolute Gasteiger partial charge is 0.506 e. The highest BCUT2D eigenvalue weighted by Crippen LogP contribution is 2.28. The number of carbonyl (C=O) groups is 1. The molecule has 0 fully saturated rings. The molecule has 0 spiro atoms. The van der Waals surface area contributed by atoms with E-state index in [2.05, 4.69) is 5.32 Å². The maximum atomic E-state index is 12.0. The summed E-state index contributed by atoms with van der Waals surface area (Å²) in [7, 11) is 0. The molecule has 4 nitrogen and oxygen atoms in total. The third kappa shape index (κ3) is 2.85. The lowest BCUT2D eigenvalue weighted by atomic mass is 10.0. The van der Waals surface area contributed by atoms with Crippen LogP contribution in [0.25, 0.3) is 10.8 Å². The summed E-state index contributed by atoms with van der Waals surface area (Å²) in [6, 6.07) is 10.6. The van der Waals surface area contributed by atoms with Crippen LogP contribution >= 0.6 is 0 Å². The lowest BCUT2D eigenvalue weighted by Crippen LogP contribution is -2.33. The second-order valence-corrected chi connectivity index (χ2v) is 4.57. The summed E-state index contributed by atoms with van der Waals surface area (Å²) in [5, 5.41) is 23.3. The van der Waals surface area contributed by atoms with E-state index in [0.717, 1.165) is 5.39 Å². The number of nitrogens with one attached hydrogen (secondary N) is 1. The predicted octanol–water partition coefficient (Wildman–Crippen LogP) is 2.05. The van der Waals surface area contributed by atoms with Crippen LogP contribution in [0, 0.1) is 0 Å². The van der Waals surface area contributed by atoms with Crippen molar-refractivity contribution in [3.05, 3.63) is 42.0 Å². The Balaban J connectivity index is 2.30. The van der Waals surface area contributed by atoms with E-state index in [9.17, 15) is 9.90 Å². The molecule has 0 aliphatic heterocycles. The van der Waals surface area contributed by atoms with Crippen LogP contribution in [0.2, 0.25) is 0 Å². The molecule has 0 aliphatic rings. The first-order valence-electron chi connectivity index (χ1n) is 6.26. The number of aliphatic hydroxyl groups is 1. The van der Waals surface area contributed by atoms with Crippen LogP contribution in [0.1, 0.15) is 23.7 Å². The van der Waals surface area contributed by atoms with Gasteiger partial charge >= 0.3 is 0 Å². The molecule has 1 amide bonds. The van der Waals surface area contributed by atoms with Crippen LogP contribution in [0.3, 0.4) is 0 Å². The van der Waals surface area contributed by atoms with E-state index >= 15 is 0 Å². The van der Waals surface area contributed by atoms with Gasteiger partial charge in [0.2, 0.25) is 0 Å². The number of hydrogen-bond donors (Lipinski definition) is 3. The molecule has 2 rings (SSSR count). The molecule has 0 aromatic heterocycles. The minimum atomic E-state index is -0.329. The first-order valence-corrected chi connectivity index (χ1v) is 6.26. The molecule has 0 aliphatic carbocycles. The second kappa shape index (κ2) is 5.71. The first kappa shape index (κ1) is 13.4. The molecule has 0 saturated heterocycles. The molecule has 0 saturated carbocycles. The van der Waals surface area contributed by atoms with Crippen LogP contribution in [-0.2, 0) is 0 Å². The monoisotopic (exact) mass is 259 g/mol. The highest BCUT2D eigenvalue weighted by atomic mass is 16.3. The zero-order chi connectivity index (χ0) is 13.8. The Morgan fingerprint density at radius 3 is 2.74 bits per heavy atom. The molecule has 2 aromatic rings. The highest BCUT2D eigenvalue weighted by molar-refractivity contribution is 6.03. The summed E-state index contributed by atoms with van der Waals surface area (Å²) in [6.45, 7) is 1.83. The van der Waals surface area contributed by atoms with Gasteiger partial charge < -0.3 is 15.5 Å². The Hall–Kier alpha value is -2.07. The molecule has 0 bridgehead atoms. The maximum absolute atomic E-state index is 12.0. The molecular formula is C15H17NO3. The van der Waals surface area contributed by atoms with Crippen LogP contribution < -0.4 is 5.32 Å². The van der Waals surface area contributed by atoms with Gasteiger partial charge in [0.25, 0.3) is 5.91 Å². The van der Waals surface area contributed by atoms with E-state index in [-0.39, 0.29) is 29.9 Å². The molecule has 0 radical (unpaired) electrons. The summed E-state index contributed by atoms with van der Waals surface area (Å²) in [5.41, 5.74) is 0.253. The molecule has 0 heterocycles. The van der Waals surface area contributed by atoms with Gasteiger partial charge in [0.1, 0.15) is 5.75 Å². The Labute approximate surface area is 111 Å². The number of aromatic hydroxyl groups is 1. The number of phenolic OH excluding ortho intramolecular Hbond substituents is 1. The topological polar surface area (TPSA) is 69.6 Å². The molecule has 4 heteroatoms. The third-order valence-electron chi connectivity index (χ3n) is 3.08. The smallest absolute Gasteiger partial charge is 0.255 e. The minimum absolute atomic E-state index is 0.00759. The van der Waals surface area contributed by atoms with Crippen LogP contribution in [0.15, 0.2) is 36.4 Å². The minimum Gasteiger partial charge on any atom is -0.506 e. The van der Waals surface area contributed by atoms with E-state index in [1.807, 2.05) is 25.1 Å². The zero-order valence-electron chi connectivity index (χ0n) is 10.8. The van der Waals surface area contributed by atoms with Gasteiger partial charge in [0.05, 0.1) is 5.56 Å². The molecule has 3 N–H and O–H groups in total. The highest BCUT2D eigenvalue weighted by Gasteiger charge is 2.15. The number of phenols is 1. The van der Waals surface area contributed by atoms with Crippen molar-refractivity contribution in [1.82, 2.24) is 5.32 Å². The van der Waals surface area contributed by atoms with Crippen LogP contribution in [-0.4, -0.2) is 28.8 Å². The van der Waals surface area contributed by atoms with Crippen molar-refractivity contribution in [1.29, 1.82) is 0 Å². The number of aliphatic hydroxyl groups excluding tert-OH is 1. The van der Waals surface area contributed by atoms with Crippen molar-refractivity contribution in [3.63, 3.8) is 0 Å². The van der Waals surface area contributed by atoms with Crippen molar-refractivity contribution < 1.29 is 15.0 Å². The summed E-state index contributed by atoms with van der Waals surface area (Å²) in [6.07, 6.45) is 0.486. The van der Waals surface area contributed by atoms with Gasteiger partial charge in [0, 0.05) is 18.0 Å². The first-order chi connectivity index (χ1) is 9.13. The van der Waals surface area contributed by atoms with E-state index in [4.69, 9.17) is 5.11 Å². The Bertz CT molecular complexity index is 595. The van der Waals surface area contributed by atoms with E-state index in [1.54, 1.807) is 18.2 Å². The number of rotatable bonds is 4. The fourth-order valence-electron chi connectivity index (χ4n) is 2.01. The Morgan fingerprint density at radius 1 is 1.26 bits per heavy atom. The van der Waals surface area contributed by atoms with E-state index in [0.29, 0.717) is 11.8 Å². The van der Waals surface area contributed by atoms with Crippen molar-refractivity contribution in [2.45, 2.75) is 19.4 Å². The lowest BCUT2D eigenvalue weighted by Gasteiger charge is -2.14. The molecule has 1 atom stereocenters. The lowest BCUT2D eigenvalue weighted by molar-refractivity contribution is 0.0932. The van der Waals surface area contributed by atoms with Crippen molar-refractivity contribution in [2.75, 3.05) is 6.61 Å². The molecule has 1 unspecified atom stereocenters. The van der Waals surface area contributed by atoms with Gasteiger partial charge in [-0.25, -0.2) is 0 Å². The number of hydrogen-bond acceptors (Lipinski definition) is 3. The standard InChI is InChI=1S/C15H17NO3/c1-10(8-9-17)16-15(19)13-7-6-11-4-2-3-5-12(11)14(13)18/h2-7,10,17-18H,8-9H2,1H3,(H,16,19). The normalized spacial score (nSPS) is 12.3. The number of amides is 1. The Morgan fingerprint density at radius 2 is 2.00 bits per heavy atom. The summed E-state index contributed by atoms with van der Waals surface area (Å²) >= 11 is 0. The fourth-order valence-corrected chi connectivity index (χ4v) is 2.01. The number of benzene rings is 2. The molecule has 2 aromatic carbocycles. The summed E-state index contributed by atoms with van der Waals surface area (Å²) in [5.74, 6) is -0.337. The summed E-state index contributed by atoms with van der Waals surface area (Å²) in [4.78, 5) is 12.0. The van der Waals surface area contributed by atoms with Gasteiger partial charge in [-0.3, -0.25) is 4.79 Å². The average molecular weight is 259 g/mol. The summed E-state index contributed by atoms with van der Waals surface area (Å²) < 4.78 is 0. The SMILES string of the molecule is CC(CCO)NC(=O)c1ccc2ccccc2c1O. The van der Waals surface area contributed by atoms with Crippen molar-refractivity contribution in [3.8, 4) is 5.75 Å². The zero-order valence-corrected chi connectivity index (χ0v) is 10.8. The van der Waals surface area contributed by atoms with Crippen molar-refractivity contribution >= 4 is 16.7 Å². The maximum Gasteiger partial charge on any atom is 0.255 e. The fraction of sp³-hybridized carbons (Fsp3) is 0.267. The quantitative estimate of drug-likeness (QED) is 0.787. The van der Waals surface area contributed by atoms with E-state index in [1.165, 1.54) is 0 Å². The molecule has 19 heavy (non-hydrogen) atoms. The predicted molar refractivity (Wildman–Crippen MR) is 74.2 cm³/mol. The van der Waals surface area contributed by atoms with Crippen LogP contribution in [0.5, 0.6) is 5.75 Å². The number of carbonyl (C=O) groups excluding carboxylic acids is 1. The van der Waals surface area contributed by atoms with Crippen molar-refractivity contribution in [2.24, 2.45) is 0 Å². The average Bonchev–Trinajstić information content (AvgIpc) is 2.39. The van der Waals surface area contributed by atoms with Gasteiger partial charge in [-0.2, -0.15) is 0 Å². The number of fused-ring (bicyclic) bond motifs is 1. The second-order valence-electron chi connectivity index (χ2n) is 4.57. The third-order valence-corrected chi connectivity index (χ3v) is 3.08. The molecular weight excluding hydrogens is 242 g/mol. The van der Waals surface area contributed by atoms with Gasteiger partial charge in [0.15, 0.2) is 0 Å². The molecule has 100 valence electrons. The van der Waals surface area contributed by atoms with Gasteiger partial charge in [-0.05, 0) is 24.8 Å². The van der Waals surface area contributed by atoms with Gasteiger partial charge in [-0.1, -0.05) is 30.3 Å². The van der Waals surface area contributed by atoms with Crippen LogP contribution in [0.4, 0.5) is 0 Å². The Kier molecular flexibility index (Phi) is 4.02.